The zero-order valence-corrected chi connectivity index (χ0v) is 12.9. The Kier molecular flexibility index (Phi) is 6.07. The molecule has 0 spiro atoms. The summed E-state index contributed by atoms with van der Waals surface area (Å²) in [5.74, 6) is 0. The van der Waals surface area contributed by atoms with Gasteiger partial charge in [0.1, 0.15) is 0 Å². The fraction of sp³-hybridized carbons (Fsp3) is 0.714. The van der Waals surface area contributed by atoms with Crippen LogP contribution in [-0.2, 0) is 10.1 Å². The number of allylic oxidation sites excluding steroid dienone is 3. The predicted octanol–water partition coefficient (Wildman–Crippen LogP) is 3.34. The third kappa shape index (κ3) is 4.35. The van der Waals surface area contributed by atoms with Crippen LogP contribution in [0.25, 0.3) is 0 Å². The van der Waals surface area contributed by atoms with Crippen molar-refractivity contribution >= 4 is 10.1 Å². The highest BCUT2D eigenvalue weighted by atomic mass is 32.2. The maximum atomic E-state index is 11.7. The van der Waals surface area contributed by atoms with Gasteiger partial charge in [0.2, 0.25) is 0 Å². The first-order valence-corrected chi connectivity index (χ1v) is 8.52. The van der Waals surface area contributed by atoms with Crippen molar-refractivity contribution in [3.8, 4) is 0 Å². The molecule has 0 aromatic rings. The second kappa shape index (κ2) is 7.10. The normalized spacial score (nSPS) is 20.2. The Bertz CT molecular complexity index is 451. The van der Waals surface area contributed by atoms with E-state index in [4.69, 9.17) is 0 Å². The molecule has 1 heterocycles. The third-order valence-corrected chi connectivity index (χ3v) is 4.57. The van der Waals surface area contributed by atoms with Crippen molar-refractivity contribution in [1.82, 2.24) is 4.90 Å². The van der Waals surface area contributed by atoms with Crippen LogP contribution in [0.15, 0.2) is 23.4 Å². The first-order valence-electron chi connectivity index (χ1n) is 7.02. The largest absolute Gasteiger partial charge is 0.353 e. The molecule has 0 radical (unpaired) electrons. The Hall–Kier alpha value is -0.810. The summed E-state index contributed by atoms with van der Waals surface area (Å²) in [5.41, 5.74) is 1.70. The first-order chi connectivity index (χ1) is 8.91. The van der Waals surface area contributed by atoms with Crippen molar-refractivity contribution in [2.24, 2.45) is 0 Å². The summed E-state index contributed by atoms with van der Waals surface area (Å²) in [5, 5.41) is -0.893. The van der Waals surface area contributed by atoms with Gasteiger partial charge in [0.05, 0.1) is 0 Å². The zero-order chi connectivity index (χ0) is 14.5. The van der Waals surface area contributed by atoms with Gasteiger partial charge in [-0.15, -0.1) is 0 Å². The van der Waals surface area contributed by atoms with Crippen molar-refractivity contribution in [3.05, 3.63) is 23.4 Å². The molecular formula is C14H25NO3S. The number of unbranched alkanes of at least 4 members (excludes halogenated alkanes) is 2. The summed E-state index contributed by atoms with van der Waals surface area (Å²) in [7, 11) is -4.10. The van der Waals surface area contributed by atoms with Gasteiger partial charge in [-0.25, -0.2) is 0 Å². The number of hydrogen-bond donors (Lipinski definition) is 1. The van der Waals surface area contributed by atoms with E-state index < -0.39 is 15.5 Å². The first kappa shape index (κ1) is 16.2. The fourth-order valence-corrected chi connectivity index (χ4v) is 3.52. The molecule has 1 aliphatic heterocycles. The Morgan fingerprint density at radius 2 is 1.84 bits per heavy atom. The van der Waals surface area contributed by atoms with Crippen LogP contribution in [0.1, 0.15) is 52.9 Å². The van der Waals surface area contributed by atoms with Crippen LogP contribution in [-0.4, -0.2) is 29.8 Å². The Morgan fingerprint density at radius 3 is 2.37 bits per heavy atom. The summed E-state index contributed by atoms with van der Waals surface area (Å²) in [6.07, 6.45) is 8.37. The summed E-state index contributed by atoms with van der Waals surface area (Å²) in [6, 6.07) is 0. The lowest BCUT2D eigenvalue weighted by atomic mass is 10.0. The average Bonchev–Trinajstić information content (AvgIpc) is 2.34. The van der Waals surface area contributed by atoms with E-state index in [1.54, 1.807) is 0 Å². The molecule has 0 amide bonds. The summed E-state index contributed by atoms with van der Waals surface area (Å²) in [4.78, 5) is 1.81. The summed E-state index contributed by atoms with van der Waals surface area (Å²) >= 11 is 0. The molecule has 1 atom stereocenters. The van der Waals surface area contributed by atoms with Crippen molar-refractivity contribution in [2.45, 2.75) is 58.2 Å². The van der Waals surface area contributed by atoms with Crippen LogP contribution in [0.5, 0.6) is 0 Å². The van der Waals surface area contributed by atoms with E-state index in [2.05, 4.69) is 13.8 Å². The van der Waals surface area contributed by atoms with E-state index in [1.807, 2.05) is 24.0 Å². The average molecular weight is 287 g/mol. The molecule has 0 aromatic carbocycles. The van der Waals surface area contributed by atoms with Gasteiger partial charge in [-0.1, -0.05) is 32.8 Å². The minimum atomic E-state index is -4.10. The van der Waals surface area contributed by atoms with Gasteiger partial charge in [0.25, 0.3) is 10.1 Å². The highest BCUT2D eigenvalue weighted by Gasteiger charge is 2.34. The number of rotatable bonds is 7. The molecule has 1 aliphatic rings. The highest BCUT2D eigenvalue weighted by Crippen LogP contribution is 2.29. The molecule has 0 aliphatic carbocycles. The van der Waals surface area contributed by atoms with E-state index in [-0.39, 0.29) is 0 Å². The highest BCUT2D eigenvalue weighted by molar-refractivity contribution is 7.86. The SMILES string of the molecule is CCCCC1=CC=C(C)N(CCCC)C1S(=O)(=O)O. The van der Waals surface area contributed by atoms with Crippen LogP contribution in [0, 0.1) is 0 Å². The molecule has 1 N–H and O–H groups in total. The van der Waals surface area contributed by atoms with Crippen molar-refractivity contribution in [3.63, 3.8) is 0 Å². The molecule has 1 rings (SSSR count). The number of nitrogens with zero attached hydrogens (tertiary/aromatic N) is 1. The molecule has 4 nitrogen and oxygen atoms in total. The second-order valence-electron chi connectivity index (χ2n) is 5.07. The van der Waals surface area contributed by atoms with E-state index in [1.165, 1.54) is 0 Å². The summed E-state index contributed by atoms with van der Waals surface area (Å²) in [6.45, 7) is 6.69. The van der Waals surface area contributed by atoms with E-state index >= 15 is 0 Å². The zero-order valence-electron chi connectivity index (χ0n) is 12.1. The molecule has 0 saturated carbocycles. The Balaban J connectivity index is 3.02. The maximum absolute atomic E-state index is 11.7. The van der Waals surface area contributed by atoms with Crippen molar-refractivity contribution < 1.29 is 13.0 Å². The van der Waals surface area contributed by atoms with Gasteiger partial charge in [-0.2, -0.15) is 8.42 Å². The van der Waals surface area contributed by atoms with Crippen molar-refractivity contribution in [2.75, 3.05) is 6.54 Å². The van der Waals surface area contributed by atoms with Gasteiger partial charge < -0.3 is 4.90 Å². The Morgan fingerprint density at radius 1 is 1.21 bits per heavy atom. The van der Waals surface area contributed by atoms with Gasteiger partial charge in [-0.3, -0.25) is 4.55 Å². The van der Waals surface area contributed by atoms with E-state index in [0.29, 0.717) is 13.0 Å². The molecule has 0 aromatic heterocycles. The Labute approximate surface area is 116 Å². The molecule has 5 heteroatoms. The van der Waals surface area contributed by atoms with Crippen LogP contribution in [0.3, 0.4) is 0 Å². The maximum Gasteiger partial charge on any atom is 0.290 e. The quantitative estimate of drug-likeness (QED) is 0.730. The lowest BCUT2D eigenvalue weighted by Crippen LogP contribution is -2.43. The number of hydrogen-bond acceptors (Lipinski definition) is 3. The van der Waals surface area contributed by atoms with Gasteiger partial charge in [0.15, 0.2) is 5.37 Å². The minimum absolute atomic E-state index is 0.659. The molecule has 110 valence electrons. The molecular weight excluding hydrogens is 262 g/mol. The summed E-state index contributed by atoms with van der Waals surface area (Å²) < 4.78 is 33.0. The molecule has 19 heavy (non-hydrogen) atoms. The molecule has 0 fully saturated rings. The van der Waals surface area contributed by atoms with Crippen LogP contribution in [0.4, 0.5) is 0 Å². The van der Waals surface area contributed by atoms with Gasteiger partial charge in [-0.05, 0) is 37.8 Å². The smallest absolute Gasteiger partial charge is 0.290 e. The lowest BCUT2D eigenvalue weighted by molar-refractivity contribution is 0.304. The van der Waals surface area contributed by atoms with Gasteiger partial charge >= 0.3 is 0 Å². The van der Waals surface area contributed by atoms with Crippen molar-refractivity contribution in [1.29, 1.82) is 0 Å². The molecule has 0 saturated heterocycles. The predicted molar refractivity (Wildman–Crippen MR) is 78.3 cm³/mol. The van der Waals surface area contributed by atoms with E-state index in [0.717, 1.165) is 37.0 Å². The fourth-order valence-electron chi connectivity index (χ4n) is 2.35. The monoisotopic (exact) mass is 287 g/mol. The standard InChI is InChI=1S/C14H25NO3S/c1-4-6-8-13-10-9-12(3)15(11-7-5-2)14(13)19(16,17)18/h9-10,14H,4-8,11H2,1-3H3,(H,16,17,18). The molecule has 1 unspecified atom stereocenters. The molecule has 0 bridgehead atoms. The van der Waals surface area contributed by atoms with Gasteiger partial charge in [0, 0.05) is 12.2 Å². The third-order valence-electron chi connectivity index (χ3n) is 3.45. The minimum Gasteiger partial charge on any atom is -0.353 e. The van der Waals surface area contributed by atoms with Crippen LogP contribution in [0.2, 0.25) is 0 Å². The van der Waals surface area contributed by atoms with Crippen LogP contribution < -0.4 is 0 Å². The van der Waals surface area contributed by atoms with Crippen LogP contribution >= 0.6 is 0 Å². The van der Waals surface area contributed by atoms with E-state index in [9.17, 15) is 13.0 Å². The second-order valence-corrected chi connectivity index (χ2v) is 6.54. The lowest BCUT2D eigenvalue weighted by Gasteiger charge is -2.36. The topological polar surface area (TPSA) is 57.6 Å².